The third-order valence-electron chi connectivity index (χ3n) is 6.48. The number of halogens is 2. The maximum Gasteiger partial charge on any atom is 0.446 e. The monoisotopic (exact) mass is 629 g/mol. The minimum absolute atomic E-state index is 0.00550. The number of aromatic nitrogens is 4. The summed E-state index contributed by atoms with van der Waals surface area (Å²) in [7, 11) is -4.05. The molecule has 2 unspecified atom stereocenters. The van der Waals surface area contributed by atoms with Gasteiger partial charge in [0.05, 0.1) is 10.2 Å². The molecule has 39 heavy (non-hydrogen) atoms. The summed E-state index contributed by atoms with van der Waals surface area (Å²) in [6, 6.07) is 3.88. The Bertz CT molecular complexity index is 1550. The molecule has 0 bridgehead atoms. The van der Waals surface area contributed by atoms with E-state index in [4.69, 9.17) is 13.9 Å². The van der Waals surface area contributed by atoms with Crippen LogP contribution in [0.4, 0.5) is 15.0 Å². The number of hydrogen-bond donors (Lipinski definition) is 2. The van der Waals surface area contributed by atoms with Gasteiger partial charge in [-0.25, -0.2) is 27.9 Å². The number of ether oxygens (including phenoxy) is 1. The SMILES string of the molecule is CC(C)(C)OC(=O)NS(=O)(=O)N1CC2CC(Nc3nonc3-c3noc(=O)n3-c3ccc(F)c(Br)c3)CC2C1. The second-order valence-electron chi connectivity index (χ2n) is 10.4. The standard InChI is InChI=1S/C22H25BrFN7O7S/c1-22(2,3)36-20(32)29-39(34,35)30-9-11-6-13(7-12(11)10-30)25-18-17(26-38-27-18)19-28-37-21(33)31(19)14-4-5-16(24)15(23)8-14/h4-5,8,11-13H,6-7,9-10H2,1-3H3,(H,25,27)(H,29,32). The van der Waals surface area contributed by atoms with Gasteiger partial charge in [-0.2, -0.15) is 12.7 Å². The fourth-order valence-corrected chi connectivity index (χ4v) is 6.44. The molecule has 2 aromatic heterocycles. The van der Waals surface area contributed by atoms with Crippen molar-refractivity contribution in [3.8, 4) is 17.2 Å². The molecule has 5 rings (SSSR count). The number of amides is 1. The van der Waals surface area contributed by atoms with Crippen LogP contribution in [0.1, 0.15) is 33.6 Å². The van der Waals surface area contributed by atoms with Crippen LogP contribution < -0.4 is 15.8 Å². The van der Waals surface area contributed by atoms with Crippen LogP contribution in [0.2, 0.25) is 0 Å². The van der Waals surface area contributed by atoms with Crippen molar-refractivity contribution in [3.63, 3.8) is 0 Å². The molecular weight excluding hydrogens is 605 g/mol. The molecule has 0 radical (unpaired) electrons. The lowest BCUT2D eigenvalue weighted by molar-refractivity contribution is 0.0567. The Hall–Kier alpha value is -3.31. The van der Waals surface area contributed by atoms with Gasteiger partial charge in [0, 0.05) is 19.1 Å². The number of carbonyl (C=O) groups excluding carboxylic acids is 1. The molecule has 1 aliphatic heterocycles. The second-order valence-corrected chi connectivity index (χ2v) is 13.0. The summed E-state index contributed by atoms with van der Waals surface area (Å²) in [4.78, 5) is 24.4. The summed E-state index contributed by atoms with van der Waals surface area (Å²) >= 11 is 3.10. The number of nitrogens with one attached hydrogen (secondary N) is 2. The first-order valence-electron chi connectivity index (χ1n) is 11.9. The quantitative estimate of drug-likeness (QED) is 0.410. The summed E-state index contributed by atoms with van der Waals surface area (Å²) in [6.45, 7) is 5.42. The topological polar surface area (TPSA) is 175 Å². The van der Waals surface area contributed by atoms with Crippen molar-refractivity contribution in [1.82, 2.24) is 29.1 Å². The molecule has 1 aromatic carbocycles. The Morgan fingerprint density at radius 2 is 1.87 bits per heavy atom. The van der Waals surface area contributed by atoms with Gasteiger partial charge in [-0.1, -0.05) is 5.16 Å². The second kappa shape index (κ2) is 10.0. The Morgan fingerprint density at radius 3 is 2.51 bits per heavy atom. The van der Waals surface area contributed by atoms with Crippen LogP contribution in [0.25, 0.3) is 17.2 Å². The molecule has 3 heterocycles. The van der Waals surface area contributed by atoms with E-state index in [1.807, 2.05) is 4.72 Å². The molecule has 17 heteroatoms. The van der Waals surface area contributed by atoms with Gasteiger partial charge >= 0.3 is 22.1 Å². The summed E-state index contributed by atoms with van der Waals surface area (Å²) in [5, 5.41) is 14.8. The molecule has 0 spiro atoms. The zero-order valence-electron chi connectivity index (χ0n) is 21.1. The van der Waals surface area contributed by atoms with Crippen LogP contribution in [0.15, 0.2) is 36.6 Å². The van der Waals surface area contributed by atoms with Gasteiger partial charge < -0.3 is 10.1 Å². The predicted molar refractivity (Wildman–Crippen MR) is 137 cm³/mol. The van der Waals surface area contributed by atoms with E-state index in [-0.39, 0.29) is 58.5 Å². The maximum absolute atomic E-state index is 13.7. The number of rotatable bonds is 6. The van der Waals surface area contributed by atoms with Gasteiger partial charge in [-0.3, -0.25) is 4.52 Å². The number of anilines is 1. The van der Waals surface area contributed by atoms with Crippen LogP contribution in [0, 0.1) is 17.7 Å². The van der Waals surface area contributed by atoms with Gasteiger partial charge in [0.15, 0.2) is 5.69 Å². The zero-order valence-corrected chi connectivity index (χ0v) is 23.5. The molecule has 1 saturated heterocycles. The lowest BCUT2D eigenvalue weighted by Gasteiger charge is -2.22. The first kappa shape index (κ1) is 27.3. The van der Waals surface area contributed by atoms with Crippen LogP contribution in [-0.2, 0) is 14.9 Å². The molecule has 2 aliphatic rings. The van der Waals surface area contributed by atoms with Gasteiger partial charge in [0.2, 0.25) is 11.6 Å². The molecule has 2 atom stereocenters. The van der Waals surface area contributed by atoms with Crippen molar-refractivity contribution in [1.29, 1.82) is 0 Å². The average molecular weight is 630 g/mol. The number of benzene rings is 1. The Morgan fingerprint density at radius 1 is 1.18 bits per heavy atom. The van der Waals surface area contributed by atoms with E-state index in [2.05, 4.69) is 36.7 Å². The zero-order chi connectivity index (χ0) is 28.1. The fraction of sp³-hybridized carbons (Fsp3) is 0.500. The van der Waals surface area contributed by atoms with Crippen molar-refractivity contribution in [2.45, 2.75) is 45.3 Å². The minimum atomic E-state index is -4.05. The molecule has 210 valence electrons. The lowest BCUT2D eigenvalue weighted by atomic mass is 10.0. The smallest absolute Gasteiger partial charge is 0.443 e. The van der Waals surface area contributed by atoms with E-state index in [1.165, 1.54) is 22.5 Å². The molecule has 1 aliphatic carbocycles. The predicted octanol–water partition coefficient (Wildman–Crippen LogP) is 2.67. The molecule has 2 fully saturated rings. The maximum atomic E-state index is 13.7. The molecule has 2 N–H and O–H groups in total. The number of fused-ring (bicyclic) bond motifs is 1. The number of carbonyl (C=O) groups is 1. The van der Waals surface area contributed by atoms with E-state index in [0.29, 0.717) is 12.8 Å². The highest BCUT2D eigenvalue weighted by molar-refractivity contribution is 9.10. The van der Waals surface area contributed by atoms with Crippen molar-refractivity contribution in [2.75, 3.05) is 18.4 Å². The Kier molecular flexibility index (Phi) is 7.00. The van der Waals surface area contributed by atoms with E-state index in [9.17, 15) is 22.4 Å². The van der Waals surface area contributed by atoms with Crippen molar-refractivity contribution >= 4 is 38.1 Å². The van der Waals surface area contributed by atoms with E-state index in [0.717, 1.165) is 4.57 Å². The third-order valence-corrected chi connectivity index (χ3v) is 8.49. The largest absolute Gasteiger partial charge is 0.446 e. The van der Waals surface area contributed by atoms with E-state index >= 15 is 0 Å². The molecular formula is C22H25BrFN7O7S. The molecule has 1 amide bonds. The third kappa shape index (κ3) is 5.69. The molecule has 3 aromatic rings. The average Bonchev–Trinajstić information content (AvgIpc) is 3.58. The van der Waals surface area contributed by atoms with Crippen LogP contribution >= 0.6 is 15.9 Å². The number of nitrogens with zero attached hydrogens (tertiary/aromatic N) is 5. The summed E-state index contributed by atoms with van der Waals surface area (Å²) in [5.74, 6) is -1.00. The lowest BCUT2D eigenvalue weighted by Crippen LogP contribution is -2.45. The first-order valence-corrected chi connectivity index (χ1v) is 14.2. The van der Waals surface area contributed by atoms with Crippen molar-refractivity contribution in [3.05, 3.63) is 39.0 Å². The van der Waals surface area contributed by atoms with Gasteiger partial charge in [-0.15, -0.1) is 0 Å². The summed E-state index contributed by atoms with van der Waals surface area (Å²) in [5.41, 5.74) is -0.426. The van der Waals surface area contributed by atoms with Gasteiger partial charge in [0.25, 0.3) is 0 Å². The van der Waals surface area contributed by atoms with Crippen LogP contribution in [0.5, 0.6) is 0 Å². The highest BCUT2D eigenvalue weighted by Gasteiger charge is 2.45. The summed E-state index contributed by atoms with van der Waals surface area (Å²) in [6.07, 6.45) is 0.210. The summed E-state index contributed by atoms with van der Waals surface area (Å²) < 4.78 is 58.4. The Labute approximate surface area is 230 Å². The van der Waals surface area contributed by atoms with E-state index < -0.39 is 33.5 Å². The van der Waals surface area contributed by atoms with Gasteiger partial charge in [0.1, 0.15) is 11.4 Å². The number of hydrogen-bond acceptors (Lipinski definition) is 11. The molecule has 14 nitrogen and oxygen atoms in total. The van der Waals surface area contributed by atoms with Gasteiger partial charge in [-0.05, 0) is 89.9 Å². The Balaban J connectivity index is 1.26. The normalized spacial score (nSPS) is 21.6. The molecule has 1 saturated carbocycles. The first-order chi connectivity index (χ1) is 18.3. The highest BCUT2D eigenvalue weighted by Crippen LogP contribution is 2.40. The highest BCUT2D eigenvalue weighted by atomic mass is 79.9. The van der Waals surface area contributed by atoms with Crippen molar-refractivity contribution < 1.29 is 31.5 Å². The van der Waals surface area contributed by atoms with Crippen LogP contribution in [-0.4, -0.2) is 63.6 Å². The van der Waals surface area contributed by atoms with Crippen LogP contribution in [0.3, 0.4) is 0 Å². The van der Waals surface area contributed by atoms with Crippen molar-refractivity contribution in [2.24, 2.45) is 11.8 Å². The minimum Gasteiger partial charge on any atom is -0.443 e. The fourth-order valence-electron chi connectivity index (χ4n) is 4.91. The van der Waals surface area contributed by atoms with E-state index in [1.54, 1.807) is 20.8 Å².